The van der Waals surface area contributed by atoms with E-state index < -0.39 is 11.7 Å². The number of halogens is 3. The number of fused-ring (bicyclic) bond motifs is 1. The van der Waals surface area contributed by atoms with Gasteiger partial charge in [-0.15, -0.1) is 0 Å². The van der Waals surface area contributed by atoms with E-state index in [0.717, 1.165) is 25.6 Å². The summed E-state index contributed by atoms with van der Waals surface area (Å²) in [4.78, 5) is 25.1. The monoisotopic (exact) mass is 420 g/mol. The molecule has 2 aromatic heterocycles. The Hall–Kier alpha value is -2.88. The first-order chi connectivity index (χ1) is 14.3. The maximum Gasteiger partial charge on any atom is 0.419 e. The Morgan fingerprint density at radius 3 is 2.90 bits per heavy atom. The number of carbonyl (C=O) groups is 1. The maximum atomic E-state index is 13.7. The second kappa shape index (κ2) is 8.10. The molecule has 0 radical (unpaired) electrons. The Morgan fingerprint density at radius 1 is 1.33 bits per heavy atom. The van der Waals surface area contributed by atoms with Gasteiger partial charge in [-0.1, -0.05) is 6.08 Å². The molecule has 1 saturated heterocycles. The van der Waals surface area contributed by atoms with E-state index in [9.17, 15) is 18.0 Å². The smallest absolute Gasteiger partial charge is 0.356 e. The third kappa shape index (κ3) is 4.04. The van der Waals surface area contributed by atoms with Crippen molar-refractivity contribution in [2.75, 3.05) is 25.5 Å². The molecule has 3 N–H and O–H groups in total. The summed E-state index contributed by atoms with van der Waals surface area (Å²) in [6, 6.07) is 0.0514. The van der Waals surface area contributed by atoms with Gasteiger partial charge in [-0.05, 0) is 37.8 Å². The van der Waals surface area contributed by atoms with Crippen LogP contribution in [0.25, 0.3) is 11.3 Å². The van der Waals surface area contributed by atoms with Crippen LogP contribution in [0.15, 0.2) is 24.7 Å². The Labute approximate surface area is 171 Å². The summed E-state index contributed by atoms with van der Waals surface area (Å²) in [5.41, 5.74) is -0.0434. The van der Waals surface area contributed by atoms with Crippen molar-refractivity contribution in [3.63, 3.8) is 0 Å². The lowest BCUT2D eigenvalue weighted by atomic mass is 9.99. The summed E-state index contributed by atoms with van der Waals surface area (Å²) in [7, 11) is 1.61. The van der Waals surface area contributed by atoms with Crippen LogP contribution in [0.1, 0.15) is 40.9 Å². The third-order valence-electron chi connectivity index (χ3n) is 5.39. The van der Waals surface area contributed by atoms with Crippen LogP contribution in [-0.2, 0) is 12.6 Å². The van der Waals surface area contributed by atoms with Gasteiger partial charge in [0.05, 0.1) is 5.69 Å². The SMILES string of the molecule is CN1C=CCCc2c(-c3nc(N[C@H]4CCCNC4)ncc3C(F)(F)F)c[nH]c2C1=O. The Bertz CT molecular complexity index is 962. The van der Waals surface area contributed by atoms with Gasteiger partial charge in [-0.3, -0.25) is 4.79 Å². The molecule has 0 unspecified atom stereocenters. The minimum absolute atomic E-state index is 0.0514. The molecule has 0 aliphatic carbocycles. The summed E-state index contributed by atoms with van der Waals surface area (Å²) in [6.45, 7) is 1.62. The Morgan fingerprint density at radius 2 is 2.17 bits per heavy atom. The first kappa shape index (κ1) is 20.4. The van der Waals surface area contributed by atoms with E-state index >= 15 is 0 Å². The number of nitrogens with one attached hydrogen (secondary N) is 3. The normalized spacial score (nSPS) is 19.9. The molecular formula is C20H23F3N6O. The quantitative estimate of drug-likeness (QED) is 0.710. The number of nitrogens with zero attached hydrogens (tertiary/aromatic N) is 3. The number of anilines is 1. The van der Waals surface area contributed by atoms with Gasteiger partial charge in [-0.25, -0.2) is 9.97 Å². The first-order valence-electron chi connectivity index (χ1n) is 9.90. The van der Waals surface area contributed by atoms with E-state index in [1.165, 1.54) is 11.1 Å². The second-order valence-electron chi connectivity index (χ2n) is 7.54. The molecule has 160 valence electrons. The molecule has 4 rings (SSSR count). The second-order valence-corrected chi connectivity index (χ2v) is 7.54. The number of amides is 1. The maximum absolute atomic E-state index is 13.7. The number of hydrogen-bond donors (Lipinski definition) is 3. The molecule has 2 aromatic rings. The van der Waals surface area contributed by atoms with Crippen LogP contribution in [0.5, 0.6) is 0 Å². The molecule has 0 spiro atoms. The summed E-state index contributed by atoms with van der Waals surface area (Å²) in [5.74, 6) is -0.155. The van der Waals surface area contributed by atoms with E-state index in [1.807, 2.05) is 6.08 Å². The summed E-state index contributed by atoms with van der Waals surface area (Å²) in [6.07, 6.45) is 4.01. The van der Waals surface area contributed by atoms with Crippen molar-refractivity contribution in [3.05, 3.63) is 41.5 Å². The number of allylic oxidation sites excluding steroid dienone is 1. The molecule has 1 fully saturated rings. The van der Waals surface area contributed by atoms with Gasteiger partial charge < -0.3 is 20.5 Å². The molecule has 7 nitrogen and oxygen atoms in total. The van der Waals surface area contributed by atoms with Gasteiger partial charge >= 0.3 is 6.18 Å². The van der Waals surface area contributed by atoms with Crippen LogP contribution >= 0.6 is 0 Å². The van der Waals surface area contributed by atoms with E-state index in [-0.39, 0.29) is 34.8 Å². The standard InChI is InChI=1S/C20H23F3N6O/c1-29-8-3-2-6-13-14(10-25-17(13)18(29)30)16-15(20(21,22)23)11-26-19(28-16)27-12-5-4-7-24-9-12/h3,8,10-12,24-25H,2,4-7,9H2,1H3,(H,26,27,28)/t12-/m0/s1. The summed E-state index contributed by atoms with van der Waals surface area (Å²) < 4.78 is 41.2. The van der Waals surface area contributed by atoms with E-state index in [1.54, 1.807) is 13.2 Å². The molecule has 1 atom stereocenters. The average molecular weight is 420 g/mol. The third-order valence-corrected chi connectivity index (χ3v) is 5.39. The number of aromatic amines is 1. The highest BCUT2D eigenvalue weighted by Gasteiger charge is 2.37. The van der Waals surface area contributed by atoms with E-state index in [2.05, 4.69) is 25.6 Å². The lowest BCUT2D eigenvalue weighted by molar-refractivity contribution is -0.137. The van der Waals surface area contributed by atoms with Crippen LogP contribution in [0.2, 0.25) is 0 Å². The molecule has 1 amide bonds. The van der Waals surface area contributed by atoms with Crippen LogP contribution in [0.3, 0.4) is 0 Å². The van der Waals surface area contributed by atoms with Crippen molar-refractivity contribution in [3.8, 4) is 11.3 Å². The average Bonchev–Trinajstić information content (AvgIpc) is 3.12. The number of hydrogen-bond acceptors (Lipinski definition) is 5. The van der Waals surface area contributed by atoms with Gasteiger partial charge in [0.2, 0.25) is 5.95 Å². The number of carbonyl (C=O) groups excluding carboxylic acids is 1. The number of H-pyrrole nitrogens is 1. The number of rotatable bonds is 3. The van der Waals surface area contributed by atoms with Crippen molar-refractivity contribution in [2.24, 2.45) is 0 Å². The minimum Gasteiger partial charge on any atom is -0.356 e. The largest absolute Gasteiger partial charge is 0.419 e. The zero-order chi connectivity index (χ0) is 21.3. The molecule has 0 aromatic carbocycles. The molecule has 0 bridgehead atoms. The highest BCUT2D eigenvalue weighted by atomic mass is 19.4. The van der Waals surface area contributed by atoms with E-state index in [4.69, 9.17) is 0 Å². The zero-order valence-electron chi connectivity index (χ0n) is 16.5. The molecule has 30 heavy (non-hydrogen) atoms. The molecule has 4 heterocycles. The fraction of sp³-hybridized carbons (Fsp3) is 0.450. The van der Waals surface area contributed by atoms with Crippen LogP contribution in [-0.4, -0.2) is 51.9 Å². The fourth-order valence-electron chi connectivity index (χ4n) is 3.84. The molecule has 2 aliphatic rings. The van der Waals surface area contributed by atoms with Crippen LogP contribution < -0.4 is 10.6 Å². The van der Waals surface area contributed by atoms with Gasteiger partial charge in [-0.2, -0.15) is 13.2 Å². The predicted octanol–water partition coefficient (Wildman–Crippen LogP) is 3.19. The first-order valence-corrected chi connectivity index (χ1v) is 9.90. The van der Waals surface area contributed by atoms with Crippen molar-refractivity contribution in [1.82, 2.24) is 25.2 Å². The highest BCUT2D eigenvalue weighted by Crippen LogP contribution is 2.38. The topological polar surface area (TPSA) is 85.9 Å². The van der Waals surface area contributed by atoms with E-state index in [0.29, 0.717) is 24.9 Å². The number of piperidine rings is 1. The lowest BCUT2D eigenvalue weighted by Gasteiger charge is -2.24. The van der Waals surface area contributed by atoms with Crippen molar-refractivity contribution < 1.29 is 18.0 Å². The minimum atomic E-state index is -4.62. The zero-order valence-corrected chi connectivity index (χ0v) is 16.5. The lowest BCUT2D eigenvalue weighted by Crippen LogP contribution is -2.38. The van der Waals surface area contributed by atoms with Crippen LogP contribution in [0.4, 0.5) is 19.1 Å². The fourth-order valence-corrected chi connectivity index (χ4v) is 3.84. The Balaban J connectivity index is 1.77. The number of alkyl halides is 3. The van der Waals surface area contributed by atoms with Crippen molar-refractivity contribution >= 4 is 11.9 Å². The van der Waals surface area contributed by atoms with Gasteiger partial charge in [0, 0.05) is 43.8 Å². The molecular weight excluding hydrogens is 397 g/mol. The molecule has 0 saturated carbocycles. The molecule has 10 heteroatoms. The van der Waals surface area contributed by atoms with Gasteiger partial charge in [0.1, 0.15) is 11.3 Å². The van der Waals surface area contributed by atoms with Gasteiger partial charge in [0.25, 0.3) is 5.91 Å². The Kier molecular flexibility index (Phi) is 5.50. The summed E-state index contributed by atoms with van der Waals surface area (Å²) >= 11 is 0. The van der Waals surface area contributed by atoms with Crippen molar-refractivity contribution in [2.45, 2.75) is 37.9 Å². The predicted molar refractivity (Wildman–Crippen MR) is 106 cm³/mol. The van der Waals surface area contributed by atoms with Crippen molar-refractivity contribution in [1.29, 1.82) is 0 Å². The number of aromatic nitrogens is 3. The van der Waals surface area contributed by atoms with Crippen LogP contribution in [0, 0.1) is 0 Å². The summed E-state index contributed by atoms with van der Waals surface area (Å²) in [5, 5.41) is 6.38. The highest BCUT2D eigenvalue weighted by molar-refractivity contribution is 5.96. The van der Waals surface area contributed by atoms with Gasteiger partial charge in [0.15, 0.2) is 0 Å². The molecule has 2 aliphatic heterocycles.